The summed E-state index contributed by atoms with van der Waals surface area (Å²) in [6.07, 6.45) is 0.777. The Labute approximate surface area is 221 Å². The first-order valence-corrected chi connectivity index (χ1v) is 12.9. The quantitative estimate of drug-likeness (QED) is 0.346. The molecule has 0 aliphatic carbocycles. The van der Waals surface area contributed by atoms with Crippen LogP contribution in [0.15, 0.2) is 48.5 Å². The number of hydrogen-bond donors (Lipinski definition) is 3. The SMILES string of the molecule is CCOc1ccccc1N(C(=O)c1snc(C(N)=O)c1N)C(C(=O)NCCC(C)C)c1ccc(C)cc1. The molecule has 196 valence electrons. The molecule has 1 aromatic heterocycles. The molecule has 0 radical (unpaired) electrons. The van der Waals surface area contributed by atoms with Gasteiger partial charge in [0.15, 0.2) is 5.69 Å². The molecule has 0 aliphatic rings. The summed E-state index contributed by atoms with van der Waals surface area (Å²) in [7, 11) is 0. The van der Waals surface area contributed by atoms with Gasteiger partial charge in [0.2, 0.25) is 5.91 Å². The summed E-state index contributed by atoms with van der Waals surface area (Å²) in [6, 6.07) is 13.3. The highest BCUT2D eigenvalue weighted by molar-refractivity contribution is 7.09. The highest BCUT2D eigenvalue weighted by atomic mass is 32.1. The van der Waals surface area contributed by atoms with Crippen LogP contribution in [-0.2, 0) is 4.79 Å². The van der Waals surface area contributed by atoms with Crippen LogP contribution < -0.4 is 26.4 Å². The minimum Gasteiger partial charge on any atom is -0.492 e. The van der Waals surface area contributed by atoms with E-state index < -0.39 is 17.9 Å². The molecule has 0 fully saturated rings. The lowest BCUT2D eigenvalue weighted by Crippen LogP contribution is -2.44. The second-order valence-corrected chi connectivity index (χ2v) is 9.77. The number of para-hydroxylation sites is 2. The zero-order valence-electron chi connectivity index (χ0n) is 21.5. The highest BCUT2D eigenvalue weighted by Crippen LogP contribution is 2.38. The van der Waals surface area contributed by atoms with E-state index >= 15 is 0 Å². The first-order chi connectivity index (χ1) is 17.6. The van der Waals surface area contributed by atoms with Crippen molar-refractivity contribution in [3.63, 3.8) is 0 Å². The van der Waals surface area contributed by atoms with Crippen LogP contribution in [0.5, 0.6) is 5.75 Å². The Morgan fingerprint density at radius 3 is 2.38 bits per heavy atom. The molecule has 0 spiro atoms. The summed E-state index contributed by atoms with van der Waals surface area (Å²) in [5, 5.41) is 2.98. The fourth-order valence-electron chi connectivity index (χ4n) is 3.79. The highest BCUT2D eigenvalue weighted by Gasteiger charge is 2.37. The Kier molecular flexibility index (Phi) is 9.24. The van der Waals surface area contributed by atoms with E-state index in [1.165, 1.54) is 4.90 Å². The van der Waals surface area contributed by atoms with Crippen molar-refractivity contribution in [1.29, 1.82) is 0 Å². The van der Waals surface area contributed by atoms with Crippen LogP contribution in [0.2, 0.25) is 0 Å². The lowest BCUT2D eigenvalue weighted by molar-refractivity contribution is -0.122. The Morgan fingerprint density at radius 2 is 1.78 bits per heavy atom. The number of rotatable bonds is 11. The normalized spacial score (nSPS) is 11.7. The molecule has 9 nitrogen and oxygen atoms in total. The molecule has 1 atom stereocenters. The van der Waals surface area contributed by atoms with Gasteiger partial charge in [-0.05, 0) is 55.4 Å². The number of aryl methyl sites for hydroxylation is 1. The summed E-state index contributed by atoms with van der Waals surface area (Å²) in [5.74, 6) is -0.986. The van der Waals surface area contributed by atoms with E-state index in [1.807, 2.05) is 38.1 Å². The van der Waals surface area contributed by atoms with Gasteiger partial charge in [-0.15, -0.1) is 0 Å². The number of primary amides is 1. The van der Waals surface area contributed by atoms with Gasteiger partial charge in [-0.25, -0.2) is 0 Å². The maximum absolute atomic E-state index is 14.2. The number of amides is 3. The van der Waals surface area contributed by atoms with Crippen molar-refractivity contribution in [2.24, 2.45) is 11.7 Å². The Bertz CT molecular complexity index is 1260. The minimum absolute atomic E-state index is 0.00666. The molecule has 5 N–H and O–H groups in total. The van der Waals surface area contributed by atoms with Gasteiger partial charge in [0.05, 0.1) is 18.0 Å². The molecule has 1 heterocycles. The molecule has 3 aromatic rings. The third-order valence-electron chi connectivity index (χ3n) is 5.72. The number of hydrogen-bond acceptors (Lipinski definition) is 7. The molecule has 0 aliphatic heterocycles. The van der Waals surface area contributed by atoms with Crippen molar-refractivity contribution in [2.75, 3.05) is 23.8 Å². The van der Waals surface area contributed by atoms with Crippen molar-refractivity contribution in [2.45, 2.75) is 40.2 Å². The zero-order chi connectivity index (χ0) is 27.1. The van der Waals surface area contributed by atoms with Gasteiger partial charge in [-0.1, -0.05) is 55.8 Å². The van der Waals surface area contributed by atoms with Crippen molar-refractivity contribution >= 4 is 40.6 Å². The standard InChI is InChI=1S/C27H33N5O4S/c1-5-36-20-9-7-6-8-19(20)32(27(35)24-21(28)22(25(29)33)31-37-24)23(18-12-10-17(4)11-13-18)26(34)30-15-14-16(2)3/h6-13,16,23H,5,14-15,28H2,1-4H3,(H2,29,33)(H,30,34). The van der Waals surface area contributed by atoms with E-state index in [0.29, 0.717) is 36.1 Å². The van der Waals surface area contributed by atoms with Crippen molar-refractivity contribution in [1.82, 2.24) is 9.69 Å². The number of carbonyl (C=O) groups is 3. The number of ether oxygens (including phenoxy) is 1. The number of carbonyl (C=O) groups excluding carboxylic acids is 3. The number of nitrogens with zero attached hydrogens (tertiary/aromatic N) is 2. The molecular weight excluding hydrogens is 490 g/mol. The second kappa shape index (κ2) is 12.4. The first-order valence-electron chi connectivity index (χ1n) is 12.1. The summed E-state index contributed by atoms with van der Waals surface area (Å²) in [5.41, 5.74) is 13.2. The molecule has 0 saturated heterocycles. The van der Waals surface area contributed by atoms with Crippen LogP contribution >= 0.6 is 11.5 Å². The average Bonchev–Trinajstić information content (AvgIpc) is 3.25. The smallest absolute Gasteiger partial charge is 0.273 e. The largest absolute Gasteiger partial charge is 0.492 e. The predicted molar refractivity (Wildman–Crippen MR) is 146 cm³/mol. The number of benzene rings is 2. The van der Waals surface area contributed by atoms with Gasteiger partial charge < -0.3 is 21.5 Å². The van der Waals surface area contributed by atoms with Gasteiger partial charge in [0, 0.05) is 6.54 Å². The molecule has 10 heteroatoms. The average molecular weight is 524 g/mol. The van der Waals surface area contributed by atoms with E-state index in [0.717, 1.165) is 23.5 Å². The lowest BCUT2D eigenvalue weighted by atomic mass is 10.0. The lowest BCUT2D eigenvalue weighted by Gasteiger charge is -2.32. The van der Waals surface area contributed by atoms with Gasteiger partial charge in [0.25, 0.3) is 11.8 Å². The van der Waals surface area contributed by atoms with Crippen molar-refractivity contribution < 1.29 is 19.1 Å². The Hall–Kier alpha value is -3.92. The summed E-state index contributed by atoms with van der Waals surface area (Å²) >= 11 is 0.764. The van der Waals surface area contributed by atoms with Crippen LogP contribution in [0.1, 0.15) is 64.5 Å². The minimum atomic E-state index is -1.06. The van der Waals surface area contributed by atoms with E-state index in [1.54, 1.807) is 24.3 Å². The van der Waals surface area contributed by atoms with Gasteiger partial charge in [-0.3, -0.25) is 19.3 Å². The fourth-order valence-corrected chi connectivity index (χ4v) is 4.53. The van der Waals surface area contributed by atoms with Crippen LogP contribution in [0, 0.1) is 12.8 Å². The van der Waals surface area contributed by atoms with E-state index in [2.05, 4.69) is 23.5 Å². The molecule has 0 bridgehead atoms. The predicted octanol–water partition coefficient (Wildman–Crippen LogP) is 4.08. The molecular formula is C27H33N5O4S. The van der Waals surface area contributed by atoms with Crippen molar-refractivity contribution in [3.8, 4) is 5.75 Å². The Morgan fingerprint density at radius 1 is 1.11 bits per heavy atom. The number of nitrogens with two attached hydrogens (primary N) is 2. The van der Waals surface area contributed by atoms with Crippen LogP contribution in [0.4, 0.5) is 11.4 Å². The number of aromatic nitrogens is 1. The topological polar surface area (TPSA) is 141 Å². The number of nitrogens with one attached hydrogen (secondary N) is 1. The number of anilines is 2. The van der Waals surface area contributed by atoms with Crippen LogP contribution in [0.3, 0.4) is 0 Å². The summed E-state index contributed by atoms with van der Waals surface area (Å²) in [4.78, 5) is 41.1. The molecule has 3 amide bonds. The van der Waals surface area contributed by atoms with E-state index in [4.69, 9.17) is 16.2 Å². The first kappa shape index (κ1) is 27.7. The second-order valence-electron chi connectivity index (χ2n) is 9.00. The molecule has 3 rings (SSSR count). The van der Waals surface area contributed by atoms with Crippen molar-refractivity contribution in [3.05, 3.63) is 70.2 Å². The third kappa shape index (κ3) is 6.45. The fraction of sp³-hybridized carbons (Fsp3) is 0.333. The zero-order valence-corrected chi connectivity index (χ0v) is 22.3. The summed E-state index contributed by atoms with van der Waals surface area (Å²) in [6.45, 7) is 8.71. The molecule has 1 unspecified atom stereocenters. The van der Waals surface area contributed by atoms with Gasteiger partial charge in [0.1, 0.15) is 16.7 Å². The van der Waals surface area contributed by atoms with Gasteiger partial charge >= 0.3 is 0 Å². The maximum atomic E-state index is 14.2. The number of nitrogen functional groups attached to an aromatic ring is 1. The molecule has 37 heavy (non-hydrogen) atoms. The van der Waals surface area contributed by atoms with Crippen LogP contribution in [0.25, 0.3) is 0 Å². The van der Waals surface area contributed by atoms with Gasteiger partial charge in [-0.2, -0.15) is 4.37 Å². The van der Waals surface area contributed by atoms with E-state index in [9.17, 15) is 14.4 Å². The molecule has 2 aromatic carbocycles. The van der Waals surface area contributed by atoms with Crippen LogP contribution in [-0.4, -0.2) is 35.2 Å². The monoisotopic (exact) mass is 523 g/mol. The van der Waals surface area contributed by atoms with E-state index in [-0.39, 0.29) is 22.2 Å². The Balaban J connectivity index is 2.21. The summed E-state index contributed by atoms with van der Waals surface area (Å²) < 4.78 is 9.82. The maximum Gasteiger partial charge on any atom is 0.273 e. The molecule has 0 saturated carbocycles. The third-order valence-corrected chi connectivity index (χ3v) is 6.57.